The summed E-state index contributed by atoms with van der Waals surface area (Å²) in [5.41, 5.74) is 5.03. The first-order chi connectivity index (χ1) is 16.3. The van der Waals surface area contributed by atoms with Crippen molar-refractivity contribution in [3.8, 4) is 0 Å². The van der Waals surface area contributed by atoms with Crippen LogP contribution in [0.1, 0.15) is 57.2 Å². The molecule has 0 amide bonds. The van der Waals surface area contributed by atoms with E-state index in [1.54, 1.807) is 11.1 Å². The molecule has 34 heavy (non-hydrogen) atoms. The van der Waals surface area contributed by atoms with Crippen LogP contribution in [0.5, 0.6) is 0 Å². The summed E-state index contributed by atoms with van der Waals surface area (Å²) >= 11 is 0. The van der Waals surface area contributed by atoms with Gasteiger partial charge in [-0.25, -0.2) is 0 Å². The van der Waals surface area contributed by atoms with Crippen LogP contribution in [0, 0.1) is 0 Å². The van der Waals surface area contributed by atoms with Crippen LogP contribution >= 0.6 is 7.26 Å². The molecular weight excluding hydrogens is 427 g/mol. The summed E-state index contributed by atoms with van der Waals surface area (Å²) in [7, 11) is -2.29. The summed E-state index contributed by atoms with van der Waals surface area (Å²) < 4.78 is 0. The van der Waals surface area contributed by atoms with Crippen molar-refractivity contribution in [2.75, 3.05) is 0 Å². The molecule has 0 spiro atoms. The van der Waals surface area contributed by atoms with E-state index in [0.717, 1.165) is 6.16 Å². The molecule has 0 saturated carbocycles. The molecule has 1 heteroatoms. The third-order valence-electron chi connectivity index (χ3n) is 8.19. The second kappa shape index (κ2) is 8.83. The Labute approximate surface area is 206 Å². The molecule has 0 fully saturated rings. The molecule has 0 N–H and O–H groups in total. The Kier molecular flexibility index (Phi) is 5.99. The van der Waals surface area contributed by atoms with Gasteiger partial charge in [0.15, 0.2) is 0 Å². The molecule has 0 heterocycles. The van der Waals surface area contributed by atoms with Crippen molar-refractivity contribution in [3.05, 3.63) is 126 Å². The van der Waals surface area contributed by atoms with Crippen LogP contribution in [0.4, 0.5) is 0 Å². The van der Waals surface area contributed by atoms with Crippen LogP contribution < -0.4 is 15.9 Å². The summed E-state index contributed by atoms with van der Waals surface area (Å²) in [6.45, 7) is 9.69. The van der Waals surface area contributed by atoms with Gasteiger partial charge in [-0.05, 0) is 0 Å². The van der Waals surface area contributed by atoms with Crippen LogP contribution in [0.2, 0.25) is 0 Å². The molecule has 0 bridgehead atoms. The van der Waals surface area contributed by atoms with E-state index in [1.165, 1.54) is 34.3 Å². The quantitative estimate of drug-likeness (QED) is 0.273. The monoisotopic (exact) mass is 464 g/mol. The van der Waals surface area contributed by atoms with E-state index in [2.05, 4.69) is 137 Å². The van der Waals surface area contributed by atoms with E-state index in [4.69, 9.17) is 0 Å². The zero-order chi connectivity index (χ0) is 23.8. The van der Waals surface area contributed by atoms with Crippen molar-refractivity contribution in [1.82, 2.24) is 0 Å². The molecule has 174 valence electrons. The minimum absolute atomic E-state index is 0.220. The minimum atomic E-state index is -2.29. The van der Waals surface area contributed by atoms with Gasteiger partial charge in [0, 0.05) is 0 Å². The Morgan fingerprint density at radius 1 is 0.529 bits per heavy atom. The average molecular weight is 465 g/mol. The van der Waals surface area contributed by atoms with E-state index in [9.17, 15) is 0 Å². The van der Waals surface area contributed by atoms with Crippen molar-refractivity contribution in [2.45, 2.75) is 57.5 Å². The standard InChI is InChI=1S/C33H37P/c1-32(2)22-23-33(3,4)31-24-26(20-21-30(31)32)25-34(27-14-8-5-9-15-27,28-16-10-6-11-17-28)29-18-12-7-13-19-29/h5-21,24,34H,22-23,25H2,1-4H3. The zero-order valence-corrected chi connectivity index (χ0v) is 22.0. The van der Waals surface area contributed by atoms with Crippen LogP contribution in [0.3, 0.4) is 0 Å². The molecule has 0 nitrogen and oxygen atoms in total. The second-order valence-electron chi connectivity index (χ2n) is 11.3. The SMILES string of the molecule is CC1(C)CCC(C)(C)c2cc(C[PH](c3ccccc3)(c3ccccc3)c3ccccc3)ccc21. The van der Waals surface area contributed by atoms with Gasteiger partial charge in [-0.3, -0.25) is 0 Å². The molecule has 0 saturated heterocycles. The van der Waals surface area contributed by atoms with Crippen molar-refractivity contribution in [2.24, 2.45) is 0 Å². The van der Waals surface area contributed by atoms with Gasteiger partial charge in [-0.1, -0.05) is 0 Å². The third kappa shape index (κ3) is 4.03. The van der Waals surface area contributed by atoms with E-state index >= 15 is 0 Å². The van der Waals surface area contributed by atoms with Gasteiger partial charge in [0.2, 0.25) is 0 Å². The molecular formula is C33H37P. The molecule has 0 unspecified atom stereocenters. The summed E-state index contributed by atoms with van der Waals surface area (Å²) in [6.07, 6.45) is 3.56. The Balaban J connectivity index is 1.74. The molecule has 0 aliphatic heterocycles. The number of hydrogen-bond acceptors (Lipinski definition) is 0. The van der Waals surface area contributed by atoms with E-state index in [-0.39, 0.29) is 10.8 Å². The van der Waals surface area contributed by atoms with E-state index < -0.39 is 7.26 Å². The van der Waals surface area contributed by atoms with Gasteiger partial charge in [0.05, 0.1) is 0 Å². The Hall–Kier alpha value is -2.69. The summed E-state index contributed by atoms with van der Waals surface area (Å²) in [5, 5.41) is 4.43. The van der Waals surface area contributed by atoms with Crippen LogP contribution in [0.15, 0.2) is 109 Å². The first kappa shape index (κ1) is 23.1. The fourth-order valence-corrected chi connectivity index (χ4v) is 10.8. The fourth-order valence-electron chi connectivity index (χ4n) is 6.03. The van der Waals surface area contributed by atoms with Gasteiger partial charge >= 0.3 is 207 Å². The van der Waals surface area contributed by atoms with Crippen molar-refractivity contribution in [1.29, 1.82) is 0 Å². The number of rotatable bonds is 5. The molecule has 4 aromatic rings. The van der Waals surface area contributed by atoms with Gasteiger partial charge < -0.3 is 0 Å². The molecule has 5 rings (SSSR count). The molecule has 0 radical (unpaired) electrons. The van der Waals surface area contributed by atoms with Crippen LogP contribution in [0.25, 0.3) is 0 Å². The number of benzene rings is 4. The average Bonchev–Trinajstić information content (AvgIpc) is 2.87. The third-order valence-corrected chi connectivity index (χ3v) is 13.1. The maximum atomic E-state index is 2.56. The Bertz CT molecular complexity index is 1160. The predicted molar refractivity (Wildman–Crippen MR) is 152 cm³/mol. The topological polar surface area (TPSA) is 0 Å². The Morgan fingerprint density at radius 2 is 0.941 bits per heavy atom. The molecule has 1 aliphatic carbocycles. The van der Waals surface area contributed by atoms with E-state index in [1.807, 2.05) is 0 Å². The molecule has 1 aliphatic rings. The van der Waals surface area contributed by atoms with E-state index in [0.29, 0.717) is 0 Å². The van der Waals surface area contributed by atoms with Gasteiger partial charge in [0.1, 0.15) is 0 Å². The molecule has 0 aromatic heterocycles. The number of hydrogen-bond donors (Lipinski definition) is 0. The van der Waals surface area contributed by atoms with Crippen LogP contribution in [-0.4, -0.2) is 0 Å². The zero-order valence-electron chi connectivity index (χ0n) is 21.0. The molecule has 0 atom stereocenters. The second-order valence-corrected chi connectivity index (χ2v) is 15.2. The van der Waals surface area contributed by atoms with Gasteiger partial charge in [-0.2, -0.15) is 0 Å². The van der Waals surface area contributed by atoms with Gasteiger partial charge in [-0.15, -0.1) is 0 Å². The van der Waals surface area contributed by atoms with Gasteiger partial charge in [0.25, 0.3) is 0 Å². The first-order valence-corrected chi connectivity index (χ1v) is 14.8. The van der Waals surface area contributed by atoms with Crippen LogP contribution in [-0.2, 0) is 17.0 Å². The summed E-state index contributed by atoms with van der Waals surface area (Å²) in [5.74, 6) is 0. The predicted octanol–water partition coefficient (Wildman–Crippen LogP) is 7.26. The Morgan fingerprint density at radius 3 is 1.38 bits per heavy atom. The maximum absolute atomic E-state index is 2.56. The summed E-state index contributed by atoms with van der Waals surface area (Å²) in [4.78, 5) is 0. The summed E-state index contributed by atoms with van der Waals surface area (Å²) in [6, 6.07) is 41.3. The van der Waals surface area contributed by atoms with Crippen molar-refractivity contribution >= 4 is 23.2 Å². The first-order valence-electron chi connectivity index (χ1n) is 12.6. The van der Waals surface area contributed by atoms with Crippen molar-refractivity contribution < 1.29 is 0 Å². The fraction of sp³-hybridized carbons (Fsp3) is 0.273. The number of fused-ring (bicyclic) bond motifs is 1. The normalized spacial score (nSPS) is 17.1. The van der Waals surface area contributed by atoms with Crippen molar-refractivity contribution in [3.63, 3.8) is 0 Å². The molecule has 4 aromatic carbocycles.